The smallest absolute Gasteiger partial charge is 0.169 e. The molecule has 11 heavy (non-hydrogen) atoms. The third-order valence-electron chi connectivity index (χ3n) is 2.28. The predicted octanol–water partition coefficient (Wildman–Crippen LogP) is 1.37. The zero-order valence-electron chi connectivity index (χ0n) is 6.42. The lowest BCUT2D eigenvalue weighted by molar-refractivity contribution is 0.240. The topological polar surface area (TPSA) is 32.8 Å². The summed E-state index contributed by atoms with van der Waals surface area (Å²) in [4.78, 5) is 0. The number of aliphatic hydroxyl groups is 1. The molecule has 0 saturated carbocycles. The summed E-state index contributed by atoms with van der Waals surface area (Å²) < 4.78 is 5.46. The summed E-state index contributed by atoms with van der Waals surface area (Å²) in [7, 11) is 0. The Kier molecular flexibility index (Phi) is 1.50. The average molecular weight is 152 g/mol. The molecule has 60 valence electrons. The van der Waals surface area contributed by atoms with Crippen LogP contribution >= 0.6 is 0 Å². The highest BCUT2D eigenvalue weighted by molar-refractivity contribution is 5.34. The van der Waals surface area contributed by atoms with Gasteiger partial charge in [-0.3, -0.25) is 0 Å². The second kappa shape index (κ2) is 2.38. The van der Waals surface area contributed by atoms with E-state index in [2.05, 4.69) is 6.08 Å². The van der Waals surface area contributed by atoms with Crippen LogP contribution in [0.2, 0.25) is 0 Å². The first kappa shape index (κ1) is 6.92. The Bertz CT molecular complexity index is 218. The Morgan fingerprint density at radius 3 is 3.27 bits per heavy atom. The molecule has 0 spiro atoms. The minimum absolute atomic E-state index is 0.0114. The van der Waals surface area contributed by atoms with Gasteiger partial charge in [0.25, 0.3) is 0 Å². The number of epoxide rings is 1. The van der Waals surface area contributed by atoms with E-state index in [1.54, 1.807) is 0 Å². The Hall–Kier alpha value is -0.760. The summed E-state index contributed by atoms with van der Waals surface area (Å²) in [6.07, 6.45) is 8.94. The van der Waals surface area contributed by atoms with Crippen LogP contribution in [-0.4, -0.2) is 17.3 Å². The fourth-order valence-electron chi connectivity index (χ4n) is 1.57. The minimum Gasteiger partial charge on any atom is -0.479 e. The molecule has 2 aliphatic rings. The lowest BCUT2D eigenvalue weighted by Crippen LogP contribution is -2.10. The van der Waals surface area contributed by atoms with Crippen LogP contribution in [0.3, 0.4) is 0 Å². The molecule has 1 aliphatic carbocycles. The molecule has 0 aromatic carbocycles. The number of hydrogen-bond donors (Lipinski definition) is 1. The summed E-state index contributed by atoms with van der Waals surface area (Å²) in [6, 6.07) is 0. The Labute approximate surface area is 66.2 Å². The molecule has 0 bridgehead atoms. The van der Waals surface area contributed by atoms with Gasteiger partial charge in [0.2, 0.25) is 0 Å². The second-order valence-corrected chi connectivity index (χ2v) is 3.09. The van der Waals surface area contributed by atoms with E-state index in [0.717, 1.165) is 25.0 Å². The van der Waals surface area contributed by atoms with Gasteiger partial charge in [0, 0.05) is 13.0 Å². The van der Waals surface area contributed by atoms with E-state index in [9.17, 15) is 0 Å². The molecule has 1 fully saturated rings. The third kappa shape index (κ3) is 1.07. The predicted molar refractivity (Wildman–Crippen MR) is 42.0 cm³/mol. The van der Waals surface area contributed by atoms with E-state index in [0.29, 0.717) is 0 Å². The maximum absolute atomic E-state index is 8.64. The highest BCUT2D eigenvalue weighted by Gasteiger charge is 2.51. The van der Waals surface area contributed by atoms with Gasteiger partial charge in [-0.15, -0.1) is 0 Å². The number of allylic oxidation sites excluding steroid dienone is 2. The molecule has 0 aromatic rings. The second-order valence-electron chi connectivity index (χ2n) is 3.09. The Morgan fingerprint density at radius 1 is 1.64 bits per heavy atom. The summed E-state index contributed by atoms with van der Waals surface area (Å²) in [5.74, 6) is 1.11. The number of hydrogen-bond acceptors (Lipinski definition) is 2. The van der Waals surface area contributed by atoms with Crippen molar-refractivity contribution in [3.8, 4) is 0 Å². The number of ether oxygens (including phenoxy) is 1. The molecule has 2 heteroatoms. The summed E-state index contributed by atoms with van der Waals surface area (Å²) in [5.41, 5.74) is 0.0114. The van der Waals surface area contributed by atoms with Crippen LogP contribution in [-0.2, 0) is 4.74 Å². The van der Waals surface area contributed by atoms with Crippen molar-refractivity contribution in [2.75, 3.05) is 6.61 Å². The molecule has 1 atom stereocenters. The fourth-order valence-corrected chi connectivity index (χ4v) is 1.57. The largest absolute Gasteiger partial charge is 0.479 e. The normalized spacial score (nSPS) is 32.3. The molecule has 1 N–H and O–H groups in total. The number of aliphatic hydroxyl groups excluding tert-OH is 1. The molecule has 1 aliphatic heterocycles. The standard InChI is InChI=1S/C9H12O2/c10-7-3-6-9-5-2-1-4-8(9)11-9/h1-2,4,10H,3,5-7H2. The molecule has 0 radical (unpaired) electrons. The summed E-state index contributed by atoms with van der Waals surface area (Å²) in [5, 5.41) is 8.64. The van der Waals surface area contributed by atoms with Crippen LogP contribution in [0.15, 0.2) is 24.0 Å². The molecular weight excluding hydrogens is 140 g/mol. The molecule has 2 rings (SSSR count). The minimum atomic E-state index is 0.0114. The third-order valence-corrected chi connectivity index (χ3v) is 2.28. The molecule has 0 aromatic heterocycles. The van der Waals surface area contributed by atoms with Crippen LogP contribution in [0, 0.1) is 0 Å². The van der Waals surface area contributed by atoms with Crippen molar-refractivity contribution in [2.45, 2.75) is 24.9 Å². The van der Waals surface area contributed by atoms with Crippen molar-refractivity contribution in [2.24, 2.45) is 0 Å². The van der Waals surface area contributed by atoms with E-state index < -0.39 is 0 Å². The van der Waals surface area contributed by atoms with Gasteiger partial charge in [0.15, 0.2) is 5.60 Å². The first-order chi connectivity index (χ1) is 5.37. The number of fused-ring (bicyclic) bond motifs is 1. The molecule has 2 nitrogen and oxygen atoms in total. The van der Waals surface area contributed by atoms with Crippen molar-refractivity contribution in [3.63, 3.8) is 0 Å². The maximum Gasteiger partial charge on any atom is 0.169 e. The van der Waals surface area contributed by atoms with Crippen molar-refractivity contribution in [3.05, 3.63) is 24.0 Å². The number of rotatable bonds is 3. The highest BCUT2D eigenvalue weighted by Crippen LogP contribution is 2.49. The van der Waals surface area contributed by atoms with Crippen molar-refractivity contribution < 1.29 is 9.84 Å². The Balaban J connectivity index is 1.95. The Morgan fingerprint density at radius 2 is 2.55 bits per heavy atom. The summed E-state index contributed by atoms with van der Waals surface area (Å²) in [6.45, 7) is 0.266. The molecule has 0 amide bonds. The highest BCUT2D eigenvalue weighted by atomic mass is 16.6. The van der Waals surface area contributed by atoms with Crippen LogP contribution < -0.4 is 0 Å². The van der Waals surface area contributed by atoms with Gasteiger partial charge in [-0.05, 0) is 18.9 Å². The van der Waals surface area contributed by atoms with Gasteiger partial charge in [-0.1, -0.05) is 12.2 Å². The van der Waals surface area contributed by atoms with Crippen molar-refractivity contribution >= 4 is 0 Å². The van der Waals surface area contributed by atoms with E-state index in [1.807, 2.05) is 12.2 Å². The van der Waals surface area contributed by atoms with Gasteiger partial charge in [0.05, 0.1) is 0 Å². The van der Waals surface area contributed by atoms with Crippen LogP contribution in [0.1, 0.15) is 19.3 Å². The van der Waals surface area contributed by atoms with E-state index in [4.69, 9.17) is 9.84 Å². The molecular formula is C9H12O2. The van der Waals surface area contributed by atoms with Crippen LogP contribution in [0.25, 0.3) is 0 Å². The van der Waals surface area contributed by atoms with E-state index in [-0.39, 0.29) is 12.2 Å². The average Bonchev–Trinajstić information content (AvgIpc) is 2.75. The quantitative estimate of drug-likeness (QED) is 0.619. The van der Waals surface area contributed by atoms with Gasteiger partial charge in [0.1, 0.15) is 5.76 Å². The van der Waals surface area contributed by atoms with Gasteiger partial charge < -0.3 is 9.84 Å². The SMILES string of the molecule is OCCCC12CC=CC=C1O2. The van der Waals surface area contributed by atoms with Crippen molar-refractivity contribution in [1.29, 1.82) is 0 Å². The molecule has 1 saturated heterocycles. The first-order valence-electron chi connectivity index (χ1n) is 4.05. The van der Waals surface area contributed by atoms with Gasteiger partial charge in [-0.2, -0.15) is 0 Å². The summed E-state index contributed by atoms with van der Waals surface area (Å²) >= 11 is 0. The zero-order chi connectivity index (χ0) is 7.73. The van der Waals surface area contributed by atoms with Crippen LogP contribution in [0.4, 0.5) is 0 Å². The maximum atomic E-state index is 8.64. The van der Waals surface area contributed by atoms with Gasteiger partial charge in [-0.25, -0.2) is 0 Å². The monoisotopic (exact) mass is 152 g/mol. The first-order valence-corrected chi connectivity index (χ1v) is 4.05. The lowest BCUT2D eigenvalue weighted by atomic mass is 9.95. The van der Waals surface area contributed by atoms with E-state index in [1.165, 1.54) is 0 Å². The van der Waals surface area contributed by atoms with E-state index >= 15 is 0 Å². The van der Waals surface area contributed by atoms with Crippen molar-refractivity contribution in [1.82, 2.24) is 0 Å². The van der Waals surface area contributed by atoms with Gasteiger partial charge >= 0.3 is 0 Å². The molecule has 1 heterocycles. The lowest BCUT2D eigenvalue weighted by Gasteiger charge is -2.06. The fraction of sp³-hybridized carbons (Fsp3) is 0.556. The van der Waals surface area contributed by atoms with Crippen LogP contribution in [0.5, 0.6) is 0 Å². The molecule has 1 unspecified atom stereocenters. The zero-order valence-corrected chi connectivity index (χ0v) is 6.42.